The molecule has 1 aliphatic heterocycles. The standard InChI is InChI=1S/C16H22N2O2/c1-19-15-11-13-5-6-17-14(13)12-16(15)20-10-9-18-7-3-2-4-8-18/h5-6,11-12,17H,2-4,7-10H2,1H3. The molecule has 1 aromatic heterocycles. The van der Waals surface area contributed by atoms with Gasteiger partial charge in [-0.2, -0.15) is 0 Å². The van der Waals surface area contributed by atoms with Crippen molar-refractivity contribution in [2.75, 3.05) is 33.4 Å². The van der Waals surface area contributed by atoms with E-state index < -0.39 is 0 Å². The quantitative estimate of drug-likeness (QED) is 0.910. The Kier molecular flexibility index (Phi) is 4.11. The van der Waals surface area contributed by atoms with Crippen LogP contribution in [-0.4, -0.2) is 43.2 Å². The molecule has 0 bridgehead atoms. The summed E-state index contributed by atoms with van der Waals surface area (Å²) in [6, 6.07) is 6.07. The van der Waals surface area contributed by atoms with Crippen LogP contribution in [0.4, 0.5) is 0 Å². The number of fused-ring (bicyclic) bond motifs is 1. The molecule has 2 heterocycles. The first-order valence-electron chi connectivity index (χ1n) is 7.37. The van der Waals surface area contributed by atoms with Gasteiger partial charge >= 0.3 is 0 Å². The van der Waals surface area contributed by atoms with E-state index in [-0.39, 0.29) is 0 Å². The maximum Gasteiger partial charge on any atom is 0.163 e. The summed E-state index contributed by atoms with van der Waals surface area (Å²) in [5.74, 6) is 1.62. The van der Waals surface area contributed by atoms with E-state index in [2.05, 4.69) is 9.88 Å². The highest BCUT2D eigenvalue weighted by Gasteiger charge is 2.11. The van der Waals surface area contributed by atoms with Crippen molar-refractivity contribution in [3.05, 3.63) is 24.4 Å². The fourth-order valence-corrected chi connectivity index (χ4v) is 2.80. The molecule has 4 heteroatoms. The SMILES string of the molecule is COc1cc2cc[nH]c2cc1OCCN1CCCCC1. The van der Waals surface area contributed by atoms with Gasteiger partial charge < -0.3 is 14.5 Å². The number of nitrogens with one attached hydrogen (secondary N) is 1. The minimum absolute atomic E-state index is 0.711. The molecule has 0 amide bonds. The van der Waals surface area contributed by atoms with Crippen molar-refractivity contribution in [1.29, 1.82) is 0 Å². The minimum Gasteiger partial charge on any atom is -0.493 e. The average molecular weight is 274 g/mol. The van der Waals surface area contributed by atoms with Gasteiger partial charge in [-0.1, -0.05) is 6.42 Å². The highest BCUT2D eigenvalue weighted by atomic mass is 16.5. The van der Waals surface area contributed by atoms with Crippen molar-refractivity contribution in [3.63, 3.8) is 0 Å². The Morgan fingerprint density at radius 2 is 2.00 bits per heavy atom. The third-order valence-electron chi connectivity index (χ3n) is 3.95. The van der Waals surface area contributed by atoms with Crippen LogP contribution in [0, 0.1) is 0 Å². The third-order valence-corrected chi connectivity index (χ3v) is 3.95. The summed E-state index contributed by atoms with van der Waals surface area (Å²) >= 11 is 0. The molecule has 0 radical (unpaired) electrons. The van der Waals surface area contributed by atoms with E-state index in [0.29, 0.717) is 6.61 Å². The van der Waals surface area contributed by atoms with Crippen LogP contribution in [0.15, 0.2) is 24.4 Å². The molecule has 0 saturated carbocycles. The molecule has 2 aromatic rings. The Bertz CT molecular complexity index is 559. The van der Waals surface area contributed by atoms with Gasteiger partial charge in [0.2, 0.25) is 0 Å². The summed E-state index contributed by atoms with van der Waals surface area (Å²) in [4.78, 5) is 5.68. The Hall–Kier alpha value is -1.68. The normalized spacial score (nSPS) is 16.4. The molecular weight excluding hydrogens is 252 g/mol. The summed E-state index contributed by atoms with van der Waals surface area (Å²) in [6.45, 7) is 4.11. The number of aromatic nitrogens is 1. The van der Waals surface area contributed by atoms with Crippen LogP contribution in [0.1, 0.15) is 19.3 Å². The molecule has 3 rings (SSSR count). The Balaban J connectivity index is 1.63. The number of aromatic amines is 1. The maximum absolute atomic E-state index is 5.92. The zero-order valence-corrected chi connectivity index (χ0v) is 12.0. The molecule has 1 aliphatic rings. The maximum atomic E-state index is 5.92. The number of hydrogen-bond donors (Lipinski definition) is 1. The second-order valence-corrected chi connectivity index (χ2v) is 5.32. The van der Waals surface area contributed by atoms with E-state index in [4.69, 9.17) is 9.47 Å². The van der Waals surface area contributed by atoms with Gasteiger partial charge in [-0.15, -0.1) is 0 Å². The van der Waals surface area contributed by atoms with Gasteiger partial charge in [0.15, 0.2) is 11.5 Å². The number of benzene rings is 1. The first-order valence-corrected chi connectivity index (χ1v) is 7.37. The average Bonchev–Trinajstić information content (AvgIpc) is 2.94. The van der Waals surface area contributed by atoms with E-state index in [0.717, 1.165) is 28.9 Å². The predicted octanol–water partition coefficient (Wildman–Crippen LogP) is 3.04. The highest BCUT2D eigenvalue weighted by Crippen LogP contribution is 2.31. The third kappa shape index (κ3) is 2.90. The fourth-order valence-electron chi connectivity index (χ4n) is 2.80. The molecular formula is C16H22N2O2. The van der Waals surface area contributed by atoms with Crippen molar-refractivity contribution in [2.45, 2.75) is 19.3 Å². The van der Waals surface area contributed by atoms with Gasteiger partial charge in [-0.05, 0) is 38.1 Å². The zero-order chi connectivity index (χ0) is 13.8. The van der Waals surface area contributed by atoms with Crippen LogP contribution < -0.4 is 9.47 Å². The predicted molar refractivity (Wildman–Crippen MR) is 80.6 cm³/mol. The molecule has 0 atom stereocenters. The van der Waals surface area contributed by atoms with E-state index in [1.54, 1.807) is 7.11 Å². The molecule has 20 heavy (non-hydrogen) atoms. The highest BCUT2D eigenvalue weighted by molar-refractivity contribution is 5.83. The minimum atomic E-state index is 0.711. The molecule has 0 unspecified atom stereocenters. The molecule has 0 spiro atoms. The van der Waals surface area contributed by atoms with Crippen molar-refractivity contribution >= 4 is 10.9 Å². The van der Waals surface area contributed by atoms with Gasteiger partial charge in [-0.25, -0.2) is 0 Å². The molecule has 0 aliphatic carbocycles. The Morgan fingerprint density at radius 3 is 2.80 bits per heavy atom. The van der Waals surface area contributed by atoms with Crippen LogP contribution in [0.2, 0.25) is 0 Å². The number of ether oxygens (including phenoxy) is 2. The van der Waals surface area contributed by atoms with Crippen molar-refractivity contribution < 1.29 is 9.47 Å². The number of nitrogens with zero attached hydrogens (tertiary/aromatic N) is 1. The van der Waals surface area contributed by atoms with Gasteiger partial charge in [0.1, 0.15) is 6.61 Å². The summed E-state index contributed by atoms with van der Waals surface area (Å²) in [6.07, 6.45) is 5.94. The lowest BCUT2D eigenvalue weighted by Gasteiger charge is -2.26. The summed E-state index contributed by atoms with van der Waals surface area (Å²) in [5.41, 5.74) is 1.08. The number of piperidine rings is 1. The topological polar surface area (TPSA) is 37.5 Å². The summed E-state index contributed by atoms with van der Waals surface area (Å²) in [7, 11) is 1.69. The van der Waals surface area contributed by atoms with Gasteiger partial charge in [0.05, 0.1) is 7.11 Å². The molecule has 1 saturated heterocycles. The lowest BCUT2D eigenvalue weighted by molar-refractivity contribution is 0.181. The zero-order valence-electron chi connectivity index (χ0n) is 12.0. The lowest BCUT2D eigenvalue weighted by atomic mass is 10.1. The Morgan fingerprint density at radius 1 is 1.15 bits per heavy atom. The Labute approximate surface area is 119 Å². The van der Waals surface area contributed by atoms with Crippen LogP contribution >= 0.6 is 0 Å². The van der Waals surface area contributed by atoms with Gasteiger partial charge in [-0.3, -0.25) is 4.90 Å². The molecule has 1 fully saturated rings. The molecule has 4 nitrogen and oxygen atoms in total. The van der Waals surface area contributed by atoms with E-state index in [9.17, 15) is 0 Å². The lowest BCUT2D eigenvalue weighted by Crippen LogP contribution is -2.33. The van der Waals surface area contributed by atoms with Crippen molar-refractivity contribution in [2.24, 2.45) is 0 Å². The second kappa shape index (κ2) is 6.18. The van der Waals surface area contributed by atoms with Gasteiger partial charge in [0.25, 0.3) is 0 Å². The number of H-pyrrole nitrogens is 1. The summed E-state index contributed by atoms with van der Waals surface area (Å²) in [5, 5.41) is 1.14. The van der Waals surface area contributed by atoms with E-state index >= 15 is 0 Å². The number of likely N-dealkylation sites (tertiary alicyclic amines) is 1. The first-order chi connectivity index (χ1) is 9.86. The van der Waals surface area contributed by atoms with Crippen molar-refractivity contribution in [1.82, 2.24) is 9.88 Å². The van der Waals surface area contributed by atoms with Crippen LogP contribution in [0.5, 0.6) is 11.5 Å². The number of rotatable bonds is 5. The second-order valence-electron chi connectivity index (χ2n) is 5.32. The van der Waals surface area contributed by atoms with E-state index in [1.165, 1.54) is 32.4 Å². The largest absolute Gasteiger partial charge is 0.493 e. The molecule has 1 N–H and O–H groups in total. The summed E-state index contributed by atoms with van der Waals surface area (Å²) < 4.78 is 11.3. The van der Waals surface area contributed by atoms with Crippen LogP contribution in [-0.2, 0) is 0 Å². The van der Waals surface area contributed by atoms with Crippen LogP contribution in [0.25, 0.3) is 10.9 Å². The first kappa shape index (κ1) is 13.3. The monoisotopic (exact) mass is 274 g/mol. The number of methoxy groups -OCH3 is 1. The van der Waals surface area contributed by atoms with E-state index in [1.807, 2.05) is 24.4 Å². The molecule has 1 aromatic carbocycles. The molecule has 108 valence electrons. The smallest absolute Gasteiger partial charge is 0.163 e. The van der Waals surface area contributed by atoms with Crippen molar-refractivity contribution in [3.8, 4) is 11.5 Å². The van der Waals surface area contributed by atoms with Gasteiger partial charge in [0, 0.05) is 29.7 Å². The number of hydrogen-bond acceptors (Lipinski definition) is 3. The van der Waals surface area contributed by atoms with Crippen LogP contribution in [0.3, 0.4) is 0 Å². The fraction of sp³-hybridized carbons (Fsp3) is 0.500.